The molecule has 1 aromatic rings. The number of guanidine groups is 1. The van der Waals surface area contributed by atoms with Gasteiger partial charge in [-0.2, -0.15) is 13.2 Å². The molecule has 1 saturated heterocycles. The largest absolute Gasteiger partial charge is 0.424 e. The molecule has 160 valence electrons. The van der Waals surface area contributed by atoms with Crippen LogP contribution < -0.4 is 5.32 Å². The van der Waals surface area contributed by atoms with Crippen molar-refractivity contribution in [2.45, 2.75) is 25.1 Å². The first-order chi connectivity index (χ1) is 12.6. The van der Waals surface area contributed by atoms with Crippen molar-refractivity contribution in [3.63, 3.8) is 0 Å². The van der Waals surface area contributed by atoms with E-state index in [1.54, 1.807) is 4.90 Å². The molecule has 0 aromatic carbocycles. The number of rotatable bonds is 4. The number of alkyl halides is 3. The number of aromatic nitrogens is 2. The van der Waals surface area contributed by atoms with Crippen molar-refractivity contribution in [2.75, 3.05) is 39.8 Å². The molecule has 12 heteroatoms. The lowest BCUT2D eigenvalue weighted by Gasteiger charge is -2.36. The molecule has 0 spiro atoms. The van der Waals surface area contributed by atoms with E-state index >= 15 is 0 Å². The van der Waals surface area contributed by atoms with E-state index in [4.69, 9.17) is 0 Å². The maximum atomic E-state index is 13.5. The SMILES string of the molecule is CN=C(NCCC(O)(c1nccn1C)C(F)(F)F)N1CCN(C(C)=O)CC1.I. The third-order valence-electron chi connectivity index (χ3n) is 4.67. The zero-order valence-corrected chi connectivity index (χ0v) is 18.4. The number of imidazole rings is 1. The van der Waals surface area contributed by atoms with Crippen LogP contribution in [0.5, 0.6) is 0 Å². The van der Waals surface area contributed by atoms with Crippen LogP contribution in [0.2, 0.25) is 0 Å². The molecule has 1 aromatic heterocycles. The van der Waals surface area contributed by atoms with Crippen LogP contribution in [0.3, 0.4) is 0 Å². The van der Waals surface area contributed by atoms with E-state index in [1.165, 1.54) is 33.4 Å². The van der Waals surface area contributed by atoms with Gasteiger partial charge in [0.2, 0.25) is 11.5 Å². The van der Waals surface area contributed by atoms with Crippen LogP contribution in [0.25, 0.3) is 0 Å². The Balaban J connectivity index is 0.00000392. The minimum Gasteiger partial charge on any atom is -0.374 e. The van der Waals surface area contributed by atoms with Crippen molar-refractivity contribution in [1.29, 1.82) is 0 Å². The second kappa shape index (κ2) is 9.76. The van der Waals surface area contributed by atoms with Crippen molar-refractivity contribution in [3.8, 4) is 0 Å². The first kappa shape index (κ1) is 24.5. The predicted octanol–water partition coefficient (Wildman–Crippen LogP) is 0.918. The summed E-state index contributed by atoms with van der Waals surface area (Å²) in [6, 6.07) is 0. The van der Waals surface area contributed by atoms with Gasteiger partial charge in [0.05, 0.1) is 0 Å². The lowest BCUT2D eigenvalue weighted by molar-refractivity contribution is -0.272. The lowest BCUT2D eigenvalue weighted by atomic mass is 9.97. The predicted molar refractivity (Wildman–Crippen MR) is 108 cm³/mol. The summed E-state index contributed by atoms with van der Waals surface area (Å²) in [6.07, 6.45) is -2.92. The van der Waals surface area contributed by atoms with E-state index in [-0.39, 0.29) is 36.4 Å². The van der Waals surface area contributed by atoms with Gasteiger partial charge in [0.25, 0.3) is 0 Å². The van der Waals surface area contributed by atoms with Crippen LogP contribution >= 0.6 is 24.0 Å². The van der Waals surface area contributed by atoms with Gasteiger partial charge in [-0.15, -0.1) is 24.0 Å². The zero-order valence-electron chi connectivity index (χ0n) is 16.0. The number of hydrogen-bond acceptors (Lipinski definition) is 4. The number of nitrogens with one attached hydrogen (secondary N) is 1. The van der Waals surface area contributed by atoms with Gasteiger partial charge in [0.15, 0.2) is 5.96 Å². The fraction of sp³-hybridized carbons (Fsp3) is 0.688. The van der Waals surface area contributed by atoms with Gasteiger partial charge in [-0.25, -0.2) is 4.98 Å². The summed E-state index contributed by atoms with van der Waals surface area (Å²) in [5, 5.41) is 13.2. The number of piperazine rings is 1. The number of aryl methyl sites for hydroxylation is 1. The average molecular weight is 518 g/mol. The Bertz CT molecular complexity index is 688. The molecule has 2 N–H and O–H groups in total. The average Bonchev–Trinajstić information content (AvgIpc) is 3.04. The first-order valence-corrected chi connectivity index (χ1v) is 8.58. The van der Waals surface area contributed by atoms with Crippen LogP contribution in [0.15, 0.2) is 17.4 Å². The van der Waals surface area contributed by atoms with Crippen molar-refractivity contribution < 1.29 is 23.1 Å². The van der Waals surface area contributed by atoms with E-state index in [2.05, 4.69) is 15.3 Å². The van der Waals surface area contributed by atoms with Crippen molar-refractivity contribution in [1.82, 2.24) is 24.7 Å². The molecule has 1 aliphatic rings. The second-order valence-electron chi connectivity index (χ2n) is 6.44. The van der Waals surface area contributed by atoms with Gasteiger partial charge in [0.1, 0.15) is 5.82 Å². The third kappa shape index (κ3) is 5.27. The molecule has 1 aliphatic heterocycles. The van der Waals surface area contributed by atoms with Crippen molar-refractivity contribution in [3.05, 3.63) is 18.2 Å². The molecule has 0 saturated carbocycles. The van der Waals surface area contributed by atoms with E-state index in [1.807, 2.05) is 4.90 Å². The summed E-state index contributed by atoms with van der Waals surface area (Å²) in [5.41, 5.74) is -3.07. The summed E-state index contributed by atoms with van der Waals surface area (Å²) >= 11 is 0. The number of carbonyl (C=O) groups excluding carboxylic acids is 1. The minimum atomic E-state index is -4.87. The Morgan fingerprint density at radius 3 is 2.29 bits per heavy atom. The highest BCUT2D eigenvalue weighted by atomic mass is 127. The van der Waals surface area contributed by atoms with Gasteiger partial charge < -0.3 is 24.8 Å². The Kier molecular flexibility index (Phi) is 8.53. The number of nitrogens with zero attached hydrogens (tertiary/aromatic N) is 5. The minimum absolute atomic E-state index is 0. The zero-order chi connectivity index (χ0) is 20.2. The van der Waals surface area contributed by atoms with E-state index in [0.717, 1.165) is 4.57 Å². The first-order valence-electron chi connectivity index (χ1n) is 8.58. The van der Waals surface area contributed by atoms with Gasteiger partial charge in [-0.05, 0) is 0 Å². The monoisotopic (exact) mass is 518 g/mol. The van der Waals surface area contributed by atoms with Gasteiger partial charge >= 0.3 is 6.18 Å². The van der Waals surface area contributed by atoms with Gasteiger partial charge in [0, 0.05) is 72.6 Å². The standard InChI is InChI=1S/C16H25F3N6O2.HI/c1-12(26)24-8-10-25(11-9-24)14(20-2)22-5-4-15(27,16(17,18)19)13-21-6-7-23(13)3;/h6-7,27H,4-5,8-11H2,1-3H3,(H,20,22);1H. The van der Waals surface area contributed by atoms with Gasteiger partial charge in [-0.1, -0.05) is 0 Å². The molecule has 1 atom stereocenters. The fourth-order valence-electron chi connectivity index (χ4n) is 3.07. The summed E-state index contributed by atoms with van der Waals surface area (Å²) < 4.78 is 41.7. The molecular formula is C16H26F3IN6O2. The lowest BCUT2D eigenvalue weighted by Crippen LogP contribution is -2.54. The van der Waals surface area contributed by atoms with Gasteiger partial charge in [-0.3, -0.25) is 9.79 Å². The molecule has 1 fully saturated rings. The highest BCUT2D eigenvalue weighted by Gasteiger charge is 2.57. The molecule has 0 aliphatic carbocycles. The van der Waals surface area contributed by atoms with Crippen LogP contribution in [0.4, 0.5) is 13.2 Å². The number of amides is 1. The maximum absolute atomic E-state index is 13.5. The summed E-state index contributed by atoms with van der Waals surface area (Å²) in [5.74, 6) is -0.0349. The Hall–Kier alpha value is -1.57. The molecule has 2 heterocycles. The maximum Gasteiger partial charge on any atom is 0.424 e. The van der Waals surface area contributed by atoms with Crippen LogP contribution in [-0.2, 0) is 17.4 Å². The van der Waals surface area contributed by atoms with E-state index in [9.17, 15) is 23.1 Å². The van der Waals surface area contributed by atoms with Crippen LogP contribution in [0, 0.1) is 0 Å². The number of aliphatic imine (C=N–C) groups is 1. The quantitative estimate of drug-likeness (QED) is 0.352. The van der Waals surface area contributed by atoms with Crippen LogP contribution in [-0.4, -0.2) is 82.3 Å². The molecular weight excluding hydrogens is 492 g/mol. The molecule has 0 bridgehead atoms. The highest BCUT2D eigenvalue weighted by Crippen LogP contribution is 2.40. The topological polar surface area (TPSA) is 86.0 Å². The Morgan fingerprint density at radius 1 is 1.29 bits per heavy atom. The molecule has 1 unspecified atom stereocenters. The molecule has 1 amide bonds. The summed E-state index contributed by atoms with van der Waals surface area (Å²) in [7, 11) is 2.94. The van der Waals surface area contributed by atoms with E-state index in [0.29, 0.717) is 32.1 Å². The molecule has 0 radical (unpaired) electrons. The normalized spacial score (nSPS) is 17.8. The molecule has 28 heavy (non-hydrogen) atoms. The summed E-state index contributed by atoms with van der Waals surface area (Å²) in [6.45, 7) is 3.46. The smallest absolute Gasteiger partial charge is 0.374 e. The second-order valence-corrected chi connectivity index (χ2v) is 6.44. The molecule has 8 nitrogen and oxygen atoms in total. The van der Waals surface area contributed by atoms with Crippen LogP contribution in [0.1, 0.15) is 19.2 Å². The number of carbonyl (C=O) groups is 1. The van der Waals surface area contributed by atoms with Crippen molar-refractivity contribution in [2.24, 2.45) is 12.0 Å². The number of halogens is 4. The number of aliphatic hydroxyl groups is 1. The fourth-order valence-corrected chi connectivity index (χ4v) is 3.07. The Labute approximate surface area is 178 Å². The van der Waals surface area contributed by atoms with Crippen molar-refractivity contribution >= 4 is 35.8 Å². The third-order valence-corrected chi connectivity index (χ3v) is 4.67. The van der Waals surface area contributed by atoms with E-state index < -0.39 is 24.0 Å². The number of hydrogen-bond donors (Lipinski definition) is 2. The summed E-state index contributed by atoms with van der Waals surface area (Å²) in [4.78, 5) is 22.7. The highest BCUT2D eigenvalue weighted by molar-refractivity contribution is 14.0. The molecule has 2 rings (SSSR count). The Morgan fingerprint density at radius 2 is 1.86 bits per heavy atom.